The minimum atomic E-state index is -3.67. The zero-order valence-corrected chi connectivity index (χ0v) is 11.3. The van der Waals surface area contributed by atoms with E-state index in [1.807, 2.05) is 0 Å². The van der Waals surface area contributed by atoms with E-state index in [1.165, 1.54) is 19.1 Å². The molecule has 0 fully saturated rings. The molecule has 1 aromatic rings. The van der Waals surface area contributed by atoms with Gasteiger partial charge in [0, 0.05) is 13.0 Å². The topological polar surface area (TPSA) is 63.2 Å². The molecular formula is C11H13ClFNO3S. The Morgan fingerprint density at radius 2 is 2.11 bits per heavy atom. The quantitative estimate of drug-likeness (QED) is 0.644. The molecular weight excluding hydrogens is 281 g/mol. The first-order chi connectivity index (χ1) is 8.33. The molecule has 0 atom stereocenters. The van der Waals surface area contributed by atoms with Gasteiger partial charge in [0.05, 0.1) is 4.90 Å². The van der Waals surface area contributed by atoms with Crippen molar-refractivity contribution in [2.24, 2.45) is 0 Å². The Bertz CT molecular complexity index is 545. The van der Waals surface area contributed by atoms with E-state index >= 15 is 0 Å². The van der Waals surface area contributed by atoms with Gasteiger partial charge >= 0.3 is 0 Å². The largest absolute Gasteiger partial charge is 0.281 e. The van der Waals surface area contributed by atoms with E-state index in [4.69, 9.17) is 11.6 Å². The normalized spacial score (nSPS) is 11.5. The van der Waals surface area contributed by atoms with Gasteiger partial charge in [0.2, 0.25) is 15.3 Å². The molecule has 0 heterocycles. The predicted molar refractivity (Wildman–Crippen MR) is 66.4 cm³/mol. The summed E-state index contributed by atoms with van der Waals surface area (Å²) in [6, 6.07) is 3.55. The number of hydrogen-bond acceptors (Lipinski definition) is 3. The van der Waals surface area contributed by atoms with Gasteiger partial charge < -0.3 is 0 Å². The van der Waals surface area contributed by atoms with Crippen LogP contribution in [0.15, 0.2) is 23.1 Å². The van der Waals surface area contributed by atoms with Gasteiger partial charge in [0.1, 0.15) is 5.82 Å². The Balaban J connectivity index is 2.68. The lowest BCUT2D eigenvalue weighted by Gasteiger charge is -2.07. The van der Waals surface area contributed by atoms with E-state index in [2.05, 4.69) is 4.72 Å². The van der Waals surface area contributed by atoms with Crippen molar-refractivity contribution in [2.45, 2.75) is 24.7 Å². The van der Waals surface area contributed by atoms with Crippen LogP contribution in [0.5, 0.6) is 0 Å². The van der Waals surface area contributed by atoms with Gasteiger partial charge in [-0.2, -0.15) is 0 Å². The molecule has 0 spiro atoms. The zero-order valence-electron chi connectivity index (χ0n) is 9.74. The summed E-state index contributed by atoms with van der Waals surface area (Å²) in [4.78, 5) is 10.5. The first kappa shape index (κ1) is 15.1. The molecule has 100 valence electrons. The zero-order chi connectivity index (χ0) is 13.8. The van der Waals surface area contributed by atoms with E-state index in [9.17, 15) is 17.6 Å². The van der Waals surface area contributed by atoms with Crippen molar-refractivity contribution >= 4 is 26.9 Å². The summed E-state index contributed by atoms with van der Waals surface area (Å²) in [7, 11) is -3.67. The van der Waals surface area contributed by atoms with Crippen molar-refractivity contribution in [2.75, 3.05) is 6.54 Å². The van der Waals surface area contributed by atoms with Crippen LogP contribution in [-0.4, -0.2) is 20.2 Å². The smallest absolute Gasteiger partial charge is 0.240 e. The molecule has 1 aromatic carbocycles. The first-order valence-corrected chi connectivity index (χ1v) is 7.13. The Morgan fingerprint density at radius 3 is 2.67 bits per heavy atom. The average Bonchev–Trinajstić information content (AvgIpc) is 2.28. The third-order valence-electron chi connectivity index (χ3n) is 2.28. The number of carbonyl (C=O) groups excluding carboxylic acids is 1. The van der Waals surface area contributed by atoms with Crippen LogP contribution in [0.1, 0.15) is 18.4 Å². The van der Waals surface area contributed by atoms with Crippen LogP contribution in [0, 0.1) is 12.7 Å². The fourth-order valence-electron chi connectivity index (χ4n) is 1.30. The van der Waals surface area contributed by atoms with Crippen molar-refractivity contribution in [3.63, 3.8) is 0 Å². The maximum absolute atomic E-state index is 13.0. The number of sulfonamides is 1. The highest BCUT2D eigenvalue weighted by Crippen LogP contribution is 2.14. The Kier molecular flexibility index (Phi) is 5.25. The third kappa shape index (κ3) is 4.36. The fourth-order valence-corrected chi connectivity index (χ4v) is 2.59. The minimum Gasteiger partial charge on any atom is -0.281 e. The van der Waals surface area contributed by atoms with Gasteiger partial charge in [-0.15, -0.1) is 0 Å². The van der Waals surface area contributed by atoms with Crippen molar-refractivity contribution in [1.29, 1.82) is 0 Å². The Hall–Kier alpha value is -0.980. The van der Waals surface area contributed by atoms with E-state index in [-0.39, 0.29) is 23.4 Å². The number of nitrogens with one attached hydrogen (secondary N) is 1. The van der Waals surface area contributed by atoms with Crippen LogP contribution in [0.2, 0.25) is 0 Å². The van der Waals surface area contributed by atoms with Crippen LogP contribution in [0.3, 0.4) is 0 Å². The van der Waals surface area contributed by atoms with E-state index < -0.39 is 21.1 Å². The summed E-state index contributed by atoms with van der Waals surface area (Å²) in [6.45, 7) is 1.59. The van der Waals surface area contributed by atoms with Crippen molar-refractivity contribution in [3.8, 4) is 0 Å². The molecule has 0 aliphatic rings. The summed E-state index contributed by atoms with van der Waals surface area (Å²) in [5, 5.41) is -0.508. The van der Waals surface area contributed by atoms with Gasteiger partial charge in [0.25, 0.3) is 0 Å². The number of hydrogen-bond donors (Lipinski definition) is 1. The number of halogens is 2. The number of carbonyl (C=O) groups is 1. The van der Waals surface area contributed by atoms with Crippen molar-refractivity contribution < 1.29 is 17.6 Å². The Labute approximate surface area is 110 Å². The van der Waals surface area contributed by atoms with E-state index in [1.54, 1.807) is 0 Å². The summed E-state index contributed by atoms with van der Waals surface area (Å²) in [5.74, 6) is -0.457. The van der Waals surface area contributed by atoms with Crippen LogP contribution in [-0.2, 0) is 14.8 Å². The SMILES string of the molecule is Cc1cc(S(=O)(=O)NCCCC(=O)Cl)ccc1F. The number of aryl methyl sites for hydroxylation is 1. The standard InChI is InChI=1S/C11H13ClFNO3S/c1-8-7-9(4-5-10(8)13)18(16,17)14-6-2-3-11(12)15/h4-5,7,14H,2-3,6H2,1H3. The molecule has 1 rings (SSSR count). The molecule has 1 N–H and O–H groups in total. The summed E-state index contributed by atoms with van der Waals surface area (Å²) < 4.78 is 38.9. The molecule has 4 nitrogen and oxygen atoms in total. The molecule has 0 radical (unpaired) electrons. The summed E-state index contributed by atoms with van der Waals surface area (Å²) >= 11 is 5.13. The van der Waals surface area contributed by atoms with Gasteiger partial charge in [-0.25, -0.2) is 17.5 Å². The van der Waals surface area contributed by atoms with Crippen LogP contribution >= 0.6 is 11.6 Å². The van der Waals surface area contributed by atoms with Gasteiger partial charge in [-0.1, -0.05) is 0 Å². The molecule has 0 amide bonds. The molecule has 0 aliphatic heterocycles. The highest BCUT2D eigenvalue weighted by molar-refractivity contribution is 7.89. The highest BCUT2D eigenvalue weighted by atomic mass is 35.5. The lowest BCUT2D eigenvalue weighted by molar-refractivity contribution is -0.111. The highest BCUT2D eigenvalue weighted by Gasteiger charge is 2.14. The number of benzene rings is 1. The molecule has 0 aliphatic carbocycles. The maximum atomic E-state index is 13.0. The van der Waals surface area contributed by atoms with Crippen LogP contribution in [0.4, 0.5) is 4.39 Å². The third-order valence-corrected chi connectivity index (χ3v) is 3.93. The van der Waals surface area contributed by atoms with E-state index in [0.29, 0.717) is 6.42 Å². The molecule has 7 heteroatoms. The van der Waals surface area contributed by atoms with Crippen molar-refractivity contribution in [3.05, 3.63) is 29.6 Å². The molecule has 0 saturated carbocycles. The molecule has 0 bridgehead atoms. The second-order valence-electron chi connectivity index (χ2n) is 3.77. The molecule has 0 saturated heterocycles. The summed E-state index contributed by atoms with van der Waals surface area (Å²) in [5.41, 5.74) is 0.258. The maximum Gasteiger partial charge on any atom is 0.240 e. The van der Waals surface area contributed by atoms with Gasteiger partial charge in [0.15, 0.2) is 0 Å². The first-order valence-electron chi connectivity index (χ1n) is 5.27. The lowest BCUT2D eigenvalue weighted by atomic mass is 10.2. The van der Waals surface area contributed by atoms with Crippen LogP contribution < -0.4 is 4.72 Å². The predicted octanol–water partition coefficient (Wildman–Crippen LogP) is 1.96. The van der Waals surface area contributed by atoms with Crippen molar-refractivity contribution in [1.82, 2.24) is 4.72 Å². The fraction of sp³-hybridized carbons (Fsp3) is 0.364. The van der Waals surface area contributed by atoms with Gasteiger partial charge in [-0.3, -0.25) is 4.79 Å². The second kappa shape index (κ2) is 6.26. The average molecular weight is 294 g/mol. The number of rotatable bonds is 6. The molecule has 0 unspecified atom stereocenters. The second-order valence-corrected chi connectivity index (χ2v) is 5.96. The van der Waals surface area contributed by atoms with Gasteiger partial charge in [-0.05, 0) is 48.7 Å². The minimum absolute atomic E-state index is 0.00130. The summed E-state index contributed by atoms with van der Waals surface area (Å²) in [6.07, 6.45) is 0.425. The Morgan fingerprint density at radius 1 is 1.44 bits per heavy atom. The van der Waals surface area contributed by atoms with E-state index in [0.717, 1.165) is 6.07 Å². The monoisotopic (exact) mass is 293 g/mol. The molecule has 18 heavy (non-hydrogen) atoms. The lowest BCUT2D eigenvalue weighted by Crippen LogP contribution is -2.25. The van der Waals surface area contributed by atoms with Crippen LogP contribution in [0.25, 0.3) is 0 Å². The molecule has 0 aromatic heterocycles.